The van der Waals surface area contributed by atoms with E-state index in [0.717, 1.165) is 16.5 Å². The summed E-state index contributed by atoms with van der Waals surface area (Å²) in [6.07, 6.45) is 0.452. The van der Waals surface area contributed by atoms with Crippen LogP contribution in [0.1, 0.15) is 11.1 Å². The van der Waals surface area contributed by atoms with Crippen molar-refractivity contribution in [3.05, 3.63) is 75.0 Å². The molecule has 0 atom stereocenters. The van der Waals surface area contributed by atoms with Gasteiger partial charge in [-0.25, -0.2) is 4.79 Å². The predicted molar refractivity (Wildman–Crippen MR) is 101 cm³/mol. The molecule has 1 aromatic heterocycles. The number of aromatic amines is 1. The number of aryl methyl sites for hydroxylation is 1. The highest BCUT2D eigenvalue weighted by Crippen LogP contribution is 2.15. The molecule has 5 nitrogen and oxygen atoms in total. The molecule has 0 saturated carbocycles. The van der Waals surface area contributed by atoms with Crippen molar-refractivity contribution < 1.29 is 4.79 Å². The van der Waals surface area contributed by atoms with Crippen molar-refractivity contribution in [2.75, 3.05) is 11.9 Å². The molecule has 1 heterocycles. The molecule has 3 N–H and O–H groups in total. The van der Waals surface area contributed by atoms with Gasteiger partial charge in [0.05, 0.1) is 5.52 Å². The van der Waals surface area contributed by atoms with E-state index in [1.807, 2.05) is 31.2 Å². The fourth-order valence-corrected chi connectivity index (χ4v) is 2.76. The highest BCUT2D eigenvalue weighted by molar-refractivity contribution is 6.30. The number of H-pyrrole nitrogens is 1. The minimum absolute atomic E-state index is 0.123. The summed E-state index contributed by atoms with van der Waals surface area (Å²) in [5.74, 6) is 0. The van der Waals surface area contributed by atoms with Gasteiger partial charge in [-0.15, -0.1) is 0 Å². The molecular formula is C19H18ClN3O2. The van der Waals surface area contributed by atoms with Crippen LogP contribution in [0, 0.1) is 6.92 Å². The Balaban J connectivity index is 1.61. The molecule has 2 aromatic carbocycles. The SMILES string of the molecule is Cc1cccc2cc(CCNC(=O)Nc3ccc(Cl)cc3)c(=O)[nH]c12. The maximum Gasteiger partial charge on any atom is 0.319 e. The van der Waals surface area contributed by atoms with Crippen molar-refractivity contribution in [1.82, 2.24) is 10.3 Å². The second-order valence-electron chi connectivity index (χ2n) is 5.80. The number of fused-ring (bicyclic) bond motifs is 1. The van der Waals surface area contributed by atoms with Crippen LogP contribution in [0.4, 0.5) is 10.5 Å². The Bertz CT molecular complexity index is 965. The number of urea groups is 1. The molecule has 0 unspecified atom stereocenters. The Morgan fingerprint density at radius 1 is 1.16 bits per heavy atom. The van der Waals surface area contributed by atoms with Gasteiger partial charge in [-0.2, -0.15) is 0 Å². The third-order valence-electron chi connectivity index (χ3n) is 3.95. The molecule has 3 aromatic rings. The largest absolute Gasteiger partial charge is 0.338 e. The second kappa shape index (κ2) is 7.40. The molecule has 0 aliphatic heterocycles. The van der Waals surface area contributed by atoms with Crippen LogP contribution in [-0.2, 0) is 6.42 Å². The van der Waals surface area contributed by atoms with Crippen molar-refractivity contribution >= 4 is 34.2 Å². The second-order valence-corrected chi connectivity index (χ2v) is 6.24. The van der Waals surface area contributed by atoms with E-state index in [9.17, 15) is 9.59 Å². The first-order chi connectivity index (χ1) is 12.0. The van der Waals surface area contributed by atoms with Crippen molar-refractivity contribution in [1.29, 1.82) is 0 Å². The Morgan fingerprint density at radius 3 is 2.68 bits per heavy atom. The van der Waals surface area contributed by atoms with Gasteiger partial charge in [0.2, 0.25) is 0 Å². The lowest BCUT2D eigenvalue weighted by Gasteiger charge is -2.08. The fourth-order valence-electron chi connectivity index (χ4n) is 2.63. The van der Waals surface area contributed by atoms with E-state index in [2.05, 4.69) is 15.6 Å². The zero-order valence-electron chi connectivity index (χ0n) is 13.7. The normalized spacial score (nSPS) is 10.6. The molecule has 0 aliphatic carbocycles. The number of benzene rings is 2. The monoisotopic (exact) mass is 355 g/mol. The molecule has 0 aliphatic rings. The maximum atomic E-state index is 12.2. The summed E-state index contributed by atoms with van der Waals surface area (Å²) in [4.78, 5) is 27.0. The minimum Gasteiger partial charge on any atom is -0.338 e. The molecule has 0 radical (unpaired) electrons. The lowest BCUT2D eigenvalue weighted by atomic mass is 10.1. The Morgan fingerprint density at radius 2 is 1.92 bits per heavy atom. The highest BCUT2D eigenvalue weighted by atomic mass is 35.5. The first kappa shape index (κ1) is 17.0. The van der Waals surface area contributed by atoms with Crippen LogP contribution >= 0.6 is 11.6 Å². The van der Waals surface area contributed by atoms with E-state index in [0.29, 0.717) is 29.2 Å². The highest BCUT2D eigenvalue weighted by Gasteiger charge is 2.06. The molecule has 0 fully saturated rings. The van der Waals surface area contributed by atoms with Crippen LogP contribution in [0.2, 0.25) is 5.02 Å². The first-order valence-corrected chi connectivity index (χ1v) is 8.33. The standard InChI is InChI=1S/C19H18ClN3O2/c1-12-3-2-4-13-11-14(18(24)23-17(12)13)9-10-21-19(25)22-16-7-5-15(20)6-8-16/h2-8,11H,9-10H2,1H3,(H,23,24)(H2,21,22,25). The Hall–Kier alpha value is -2.79. The molecule has 0 bridgehead atoms. The van der Waals surface area contributed by atoms with Gasteiger partial charge in [0.1, 0.15) is 0 Å². The van der Waals surface area contributed by atoms with Crippen LogP contribution in [0.5, 0.6) is 0 Å². The van der Waals surface area contributed by atoms with Crippen LogP contribution in [0.25, 0.3) is 10.9 Å². The first-order valence-electron chi connectivity index (χ1n) is 7.95. The van der Waals surface area contributed by atoms with Crippen LogP contribution < -0.4 is 16.2 Å². The van der Waals surface area contributed by atoms with Gasteiger partial charge in [0.25, 0.3) is 5.56 Å². The number of aromatic nitrogens is 1. The summed E-state index contributed by atoms with van der Waals surface area (Å²) >= 11 is 5.80. The van der Waals surface area contributed by atoms with Crippen LogP contribution in [-0.4, -0.2) is 17.6 Å². The van der Waals surface area contributed by atoms with Gasteiger partial charge in [-0.3, -0.25) is 4.79 Å². The average Bonchev–Trinajstić information content (AvgIpc) is 2.58. The van der Waals surface area contributed by atoms with Crippen molar-refractivity contribution in [3.63, 3.8) is 0 Å². The fraction of sp³-hybridized carbons (Fsp3) is 0.158. The molecular weight excluding hydrogens is 338 g/mol. The van der Waals surface area contributed by atoms with E-state index in [1.165, 1.54) is 0 Å². The van der Waals surface area contributed by atoms with Crippen LogP contribution in [0.15, 0.2) is 53.3 Å². The molecule has 2 amide bonds. The average molecular weight is 356 g/mol. The number of hydrogen-bond donors (Lipinski definition) is 3. The summed E-state index contributed by atoms with van der Waals surface area (Å²) in [6.45, 7) is 2.32. The zero-order valence-corrected chi connectivity index (χ0v) is 14.5. The van der Waals surface area contributed by atoms with Gasteiger partial charge in [-0.05, 0) is 54.6 Å². The van der Waals surface area contributed by atoms with Crippen molar-refractivity contribution in [2.45, 2.75) is 13.3 Å². The Kier molecular flexibility index (Phi) is 5.05. The third-order valence-corrected chi connectivity index (χ3v) is 4.20. The van der Waals surface area contributed by atoms with E-state index in [-0.39, 0.29) is 11.6 Å². The van der Waals surface area contributed by atoms with Gasteiger partial charge in [-0.1, -0.05) is 29.8 Å². The van der Waals surface area contributed by atoms with Gasteiger partial charge >= 0.3 is 6.03 Å². The maximum absolute atomic E-state index is 12.2. The number of para-hydroxylation sites is 1. The minimum atomic E-state index is -0.324. The van der Waals surface area contributed by atoms with Crippen LogP contribution in [0.3, 0.4) is 0 Å². The summed E-state index contributed by atoms with van der Waals surface area (Å²) in [5.41, 5.74) is 3.05. The Labute approximate surface area is 150 Å². The number of amides is 2. The summed E-state index contributed by atoms with van der Waals surface area (Å²) in [6, 6.07) is 14.3. The number of pyridine rings is 1. The van der Waals surface area contributed by atoms with E-state index in [1.54, 1.807) is 24.3 Å². The predicted octanol–water partition coefficient (Wildman–Crippen LogP) is 3.85. The van der Waals surface area contributed by atoms with Gasteiger partial charge in [0, 0.05) is 22.8 Å². The van der Waals surface area contributed by atoms with E-state index >= 15 is 0 Å². The number of rotatable bonds is 4. The summed E-state index contributed by atoms with van der Waals surface area (Å²) < 4.78 is 0. The zero-order chi connectivity index (χ0) is 17.8. The summed E-state index contributed by atoms with van der Waals surface area (Å²) in [7, 11) is 0. The molecule has 6 heteroatoms. The summed E-state index contributed by atoms with van der Waals surface area (Å²) in [5, 5.41) is 7.05. The number of carbonyl (C=O) groups is 1. The number of hydrogen-bond acceptors (Lipinski definition) is 2. The number of anilines is 1. The smallest absolute Gasteiger partial charge is 0.319 e. The molecule has 25 heavy (non-hydrogen) atoms. The molecule has 0 spiro atoms. The van der Waals surface area contributed by atoms with Crippen molar-refractivity contribution in [3.8, 4) is 0 Å². The number of halogens is 1. The van der Waals surface area contributed by atoms with E-state index in [4.69, 9.17) is 11.6 Å². The molecule has 128 valence electrons. The van der Waals surface area contributed by atoms with Crippen molar-refractivity contribution in [2.24, 2.45) is 0 Å². The molecule has 0 saturated heterocycles. The quantitative estimate of drug-likeness (QED) is 0.665. The lowest BCUT2D eigenvalue weighted by Crippen LogP contribution is -2.31. The van der Waals surface area contributed by atoms with Gasteiger partial charge < -0.3 is 15.6 Å². The lowest BCUT2D eigenvalue weighted by molar-refractivity contribution is 0.252. The van der Waals surface area contributed by atoms with E-state index < -0.39 is 0 Å². The number of nitrogens with one attached hydrogen (secondary N) is 3. The van der Waals surface area contributed by atoms with Gasteiger partial charge in [0.15, 0.2) is 0 Å². The third kappa shape index (κ3) is 4.19. The topological polar surface area (TPSA) is 74.0 Å². The molecule has 3 rings (SSSR count). The number of carbonyl (C=O) groups excluding carboxylic acids is 1.